The fourth-order valence-electron chi connectivity index (χ4n) is 1.57. The zero-order valence-electron chi connectivity index (χ0n) is 11.6. The van der Waals surface area contributed by atoms with E-state index in [4.69, 9.17) is 4.74 Å². The van der Waals surface area contributed by atoms with E-state index in [1.807, 2.05) is 0 Å². The van der Waals surface area contributed by atoms with Gasteiger partial charge in [-0.25, -0.2) is 4.98 Å². The van der Waals surface area contributed by atoms with Crippen LogP contribution in [0.15, 0.2) is 28.1 Å². The summed E-state index contributed by atoms with van der Waals surface area (Å²) in [4.78, 5) is 15.3. The third kappa shape index (κ3) is 3.67. The number of nitrogens with zero attached hydrogens (tertiary/aromatic N) is 1. The summed E-state index contributed by atoms with van der Waals surface area (Å²) in [7, 11) is 0. The maximum Gasteiger partial charge on any atom is 0.150 e. The van der Waals surface area contributed by atoms with E-state index in [2.05, 4.69) is 47.1 Å². The van der Waals surface area contributed by atoms with Gasteiger partial charge in [-0.05, 0) is 34.1 Å². The highest BCUT2D eigenvalue weighted by Crippen LogP contribution is 2.28. The minimum absolute atomic E-state index is 0.0565. The van der Waals surface area contributed by atoms with E-state index in [1.54, 1.807) is 29.5 Å². The Morgan fingerprint density at radius 2 is 2.15 bits per heavy atom. The van der Waals surface area contributed by atoms with Crippen LogP contribution in [0.3, 0.4) is 0 Å². The van der Waals surface area contributed by atoms with Crippen LogP contribution >= 0.6 is 27.3 Å². The average Bonchev–Trinajstić information content (AvgIpc) is 2.86. The lowest BCUT2D eigenvalue weighted by Gasteiger charge is -2.14. The van der Waals surface area contributed by atoms with Crippen molar-refractivity contribution in [2.24, 2.45) is 0 Å². The summed E-state index contributed by atoms with van der Waals surface area (Å²) in [6, 6.07) is 5.26. The molecule has 1 aromatic carbocycles. The number of thiazole rings is 1. The van der Waals surface area contributed by atoms with Crippen molar-refractivity contribution in [3.63, 3.8) is 0 Å². The number of aromatic nitrogens is 1. The van der Waals surface area contributed by atoms with Crippen LogP contribution in [0.1, 0.15) is 41.8 Å². The van der Waals surface area contributed by atoms with Gasteiger partial charge in [0.2, 0.25) is 0 Å². The van der Waals surface area contributed by atoms with Crippen molar-refractivity contribution in [1.82, 2.24) is 4.98 Å². The van der Waals surface area contributed by atoms with Crippen molar-refractivity contribution in [2.75, 3.05) is 0 Å². The van der Waals surface area contributed by atoms with Gasteiger partial charge in [0, 0.05) is 16.4 Å². The molecule has 1 heterocycles. The molecule has 0 fully saturated rings. The molecule has 0 N–H and O–H groups in total. The highest BCUT2D eigenvalue weighted by Gasteiger charge is 2.17. The van der Waals surface area contributed by atoms with E-state index in [0.29, 0.717) is 17.9 Å². The molecule has 0 saturated heterocycles. The van der Waals surface area contributed by atoms with Crippen LogP contribution in [0.4, 0.5) is 0 Å². The molecule has 3 nitrogen and oxygen atoms in total. The molecule has 1 aromatic heterocycles. The van der Waals surface area contributed by atoms with Gasteiger partial charge in [0.05, 0.1) is 10.2 Å². The summed E-state index contributed by atoms with van der Waals surface area (Å²) < 4.78 is 6.51. The minimum Gasteiger partial charge on any atom is -0.485 e. The lowest BCUT2D eigenvalue weighted by atomic mass is 9.93. The first kappa shape index (κ1) is 15.2. The summed E-state index contributed by atoms with van der Waals surface area (Å²) in [5.74, 6) is 0.711. The molecule has 0 unspecified atom stereocenters. The summed E-state index contributed by atoms with van der Waals surface area (Å²) in [5, 5.41) is 3.02. The highest BCUT2D eigenvalue weighted by molar-refractivity contribution is 9.10. The van der Waals surface area contributed by atoms with Gasteiger partial charge in [0.25, 0.3) is 0 Å². The fraction of sp³-hybridized carbons (Fsp3) is 0.333. The molecule has 0 radical (unpaired) electrons. The number of rotatable bonds is 4. The third-order valence-electron chi connectivity index (χ3n) is 2.76. The number of aldehydes is 1. The summed E-state index contributed by atoms with van der Waals surface area (Å²) in [6.45, 7) is 6.85. The third-order valence-corrected chi connectivity index (χ3v) is 4.21. The van der Waals surface area contributed by atoms with Crippen molar-refractivity contribution < 1.29 is 9.53 Å². The normalized spacial score (nSPS) is 11.4. The molecule has 0 atom stereocenters. The van der Waals surface area contributed by atoms with Gasteiger partial charge < -0.3 is 4.74 Å². The quantitative estimate of drug-likeness (QED) is 0.754. The molecule has 20 heavy (non-hydrogen) atoms. The molecule has 0 aliphatic rings. The van der Waals surface area contributed by atoms with Gasteiger partial charge in [-0.15, -0.1) is 11.3 Å². The molecule has 0 saturated carbocycles. The monoisotopic (exact) mass is 353 g/mol. The van der Waals surface area contributed by atoms with Crippen LogP contribution in [0, 0.1) is 0 Å². The molecule has 5 heteroatoms. The Morgan fingerprint density at radius 3 is 2.70 bits per heavy atom. The molecule has 2 rings (SSSR count). The molecule has 0 amide bonds. The zero-order valence-corrected chi connectivity index (χ0v) is 14.0. The van der Waals surface area contributed by atoms with Crippen molar-refractivity contribution in [3.8, 4) is 5.75 Å². The Kier molecular flexibility index (Phi) is 4.60. The lowest BCUT2D eigenvalue weighted by molar-refractivity contribution is 0.112. The van der Waals surface area contributed by atoms with Gasteiger partial charge >= 0.3 is 0 Å². The van der Waals surface area contributed by atoms with Gasteiger partial charge in [-0.2, -0.15) is 0 Å². The first-order chi connectivity index (χ1) is 9.40. The van der Waals surface area contributed by atoms with E-state index in [0.717, 1.165) is 21.5 Å². The summed E-state index contributed by atoms with van der Waals surface area (Å²) in [5.41, 5.74) is 1.76. The van der Waals surface area contributed by atoms with Gasteiger partial charge in [-0.1, -0.05) is 20.8 Å². The standard InChI is InChI=1S/C15H16BrNO2S/c1-15(2,3)13-9-20-14(17-13)8-19-12-5-4-10(7-18)6-11(12)16/h4-7,9H,8H2,1-3H3. The number of hydrogen-bond acceptors (Lipinski definition) is 4. The Balaban J connectivity index is 2.05. The fourth-order valence-corrected chi connectivity index (χ4v) is 3.01. The largest absolute Gasteiger partial charge is 0.485 e. The van der Waals surface area contributed by atoms with Gasteiger partial charge in [0.1, 0.15) is 23.7 Å². The Morgan fingerprint density at radius 1 is 1.40 bits per heavy atom. The second-order valence-electron chi connectivity index (χ2n) is 5.47. The maximum absolute atomic E-state index is 10.7. The number of halogens is 1. The highest BCUT2D eigenvalue weighted by atomic mass is 79.9. The van der Waals surface area contributed by atoms with Crippen LogP contribution in [-0.2, 0) is 12.0 Å². The Bertz CT molecular complexity index is 617. The molecule has 0 aliphatic heterocycles. The maximum atomic E-state index is 10.7. The second-order valence-corrected chi connectivity index (χ2v) is 7.27. The second kappa shape index (κ2) is 6.06. The van der Waals surface area contributed by atoms with E-state index in [-0.39, 0.29) is 5.41 Å². The van der Waals surface area contributed by atoms with Gasteiger partial charge in [-0.3, -0.25) is 4.79 Å². The molecule has 0 bridgehead atoms. The SMILES string of the molecule is CC(C)(C)c1csc(COc2ccc(C=O)cc2Br)n1. The topological polar surface area (TPSA) is 39.2 Å². The van der Waals surface area contributed by atoms with Crippen LogP contribution < -0.4 is 4.74 Å². The van der Waals surface area contributed by atoms with Crippen LogP contribution in [0.5, 0.6) is 5.75 Å². The molecule has 0 spiro atoms. The van der Waals surface area contributed by atoms with Crippen molar-refractivity contribution in [2.45, 2.75) is 32.8 Å². The van der Waals surface area contributed by atoms with E-state index in [9.17, 15) is 4.79 Å². The average molecular weight is 354 g/mol. The number of ether oxygens (including phenoxy) is 1. The molecule has 2 aromatic rings. The first-order valence-electron chi connectivity index (χ1n) is 6.22. The smallest absolute Gasteiger partial charge is 0.150 e. The van der Waals surface area contributed by atoms with Crippen LogP contribution in [0.2, 0.25) is 0 Å². The lowest BCUT2D eigenvalue weighted by Crippen LogP contribution is -2.11. The van der Waals surface area contributed by atoms with Gasteiger partial charge in [0.15, 0.2) is 0 Å². The summed E-state index contributed by atoms with van der Waals surface area (Å²) >= 11 is 5.00. The number of carbonyl (C=O) groups is 1. The Hall–Kier alpha value is -1.20. The number of benzene rings is 1. The van der Waals surface area contributed by atoms with Crippen LogP contribution in [0.25, 0.3) is 0 Å². The number of carbonyl (C=O) groups excluding carboxylic acids is 1. The molecule has 0 aliphatic carbocycles. The molecule has 106 valence electrons. The minimum atomic E-state index is 0.0565. The van der Waals surface area contributed by atoms with Crippen LogP contribution in [-0.4, -0.2) is 11.3 Å². The van der Waals surface area contributed by atoms with E-state index < -0.39 is 0 Å². The summed E-state index contributed by atoms with van der Waals surface area (Å²) in [6.07, 6.45) is 0.810. The molecular formula is C15H16BrNO2S. The van der Waals surface area contributed by atoms with Crippen molar-refractivity contribution in [3.05, 3.63) is 44.3 Å². The Labute approximate surface area is 131 Å². The zero-order chi connectivity index (χ0) is 14.8. The van der Waals surface area contributed by atoms with Crippen molar-refractivity contribution >= 4 is 33.6 Å². The van der Waals surface area contributed by atoms with Crippen molar-refractivity contribution in [1.29, 1.82) is 0 Å². The predicted octanol–water partition coefficient (Wildman–Crippen LogP) is 4.59. The number of hydrogen-bond donors (Lipinski definition) is 0. The molecular weight excluding hydrogens is 338 g/mol. The first-order valence-corrected chi connectivity index (χ1v) is 7.90. The predicted molar refractivity (Wildman–Crippen MR) is 84.7 cm³/mol. The van der Waals surface area contributed by atoms with E-state index >= 15 is 0 Å². The van der Waals surface area contributed by atoms with E-state index in [1.165, 1.54) is 0 Å².